The lowest BCUT2D eigenvalue weighted by Gasteiger charge is -2.16. The van der Waals surface area contributed by atoms with Crippen LogP contribution in [0.15, 0.2) is 0 Å². The van der Waals surface area contributed by atoms with E-state index in [-0.39, 0.29) is 11.7 Å². The fourth-order valence-corrected chi connectivity index (χ4v) is 0.734. The van der Waals surface area contributed by atoms with Crippen molar-refractivity contribution >= 4 is 17.1 Å². The summed E-state index contributed by atoms with van der Waals surface area (Å²) in [4.78, 5) is 12.3. The number of hydrogen-bond acceptors (Lipinski definition) is 5. The van der Waals surface area contributed by atoms with E-state index in [0.29, 0.717) is 5.17 Å². The van der Waals surface area contributed by atoms with Gasteiger partial charge in [-0.2, -0.15) is 0 Å². The maximum absolute atomic E-state index is 10.1. The molecule has 0 unspecified atom stereocenters. The van der Waals surface area contributed by atoms with Gasteiger partial charge in [-0.3, -0.25) is 4.79 Å². The van der Waals surface area contributed by atoms with Crippen molar-refractivity contribution in [1.82, 2.24) is 10.0 Å². The standard InChI is InChI=1S/C2H3N2O2S/c5-2-1-4(6)3-7-2/h3H,1H2/q-1. The van der Waals surface area contributed by atoms with Crippen molar-refractivity contribution in [1.29, 1.82) is 0 Å². The van der Waals surface area contributed by atoms with Crippen molar-refractivity contribution in [2.24, 2.45) is 0 Å². The zero-order valence-corrected chi connectivity index (χ0v) is 4.20. The summed E-state index contributed by atoms with van der Waals surface area (Å²) in [6.07, 6.45) is 0. The van der Waals surface area contributed by atoms with Gasteiger partial charge in [-0.05, 0) is 0 Å². The van der Waals surface area contributed by atoms with Crippen molar-refractivity contribution in [3.63, 3.8) is 0 Å². The molecule has 1 aliphatic heterocycles. The Morgan fingerprint density at radius 2 is 2.71 bits per heavy atom. The zero-order chi connectivity index (χ0) is 5.28. The second kappa shape index (κ2) is 1.79. The first kappa shape index (κ1) is 5.04. The SMILES string of the molecule is O=C1CN([O-])NS1. The summed E-state index contributed by atoms with van der Waals surface area (Å²) in [7, 11) is 0. The van der Waals surface area contributed by atoms with Crippen LogP contribution in [-0.4, -0.2) is 16.8 Å². The van der Waals surface area contributed by atoms with Gasteiger partial charge in [0.2, 0.25) is 5.12 Å². The molecule has 0 bridgehead atoms. The molecule has 7 heavy (non-hydrogen) atoms. The quantitative estimate of drug-likeness (QED) is 0.435. The minimum atomic E-state index is -0.130. The molecule has 1 fully saturated rings. The Balaban J connectivity index is 2.40. The molecular weight excluding hydrogens is 116 g/mol. The van der Waals surface area contributed by atoms with Crippen molar-refractivity contribution in [2.75, 3.05) is 6.54 Å². The van der Waals surface area contributed by atoms with Gasteiger partial charge in [0.1, 0.15) is 0 Å². The highest BCUT2D eigenvalue weighted by molar-refractivity contribution is 8.12. The molecule has 0 radical (unpaired) electrons. The fourth-order valence-electron chi connectivity index (χ4n) is 0.284. The maximum Gasteiger partial charge on any atom is 0.219 e. The normalized spacial score (nSPS) is 23.9. The largest absolute Gasteiger partial charge is 0.771 e. The second-order valence-electron chi connectivity index (χ2n) is 1.10. The molecule has 0 aromatic heterocycles. The predicted octanol–water partition coefficient (Wildman–Crippen LogP) is -0.521. The number of nitrogens with zero attached hydrogens (tertiary/aromatic N) is 1. The van der Waals surface area contributed by atoms with E-state index in [2.05, 4.69) is 4.83 Å². The average Bonchev–Trinajstić information content (AvgIpc) is 1.87. The molecule has 1 N–H and O–H groups in total. The summed E-state index contributed by atoms with van der Waals surface area (Å²) in [5, 5.41) is 10.4. The Morgan fingerprint density at radius 3 is 2.86 bits per heavy atom. The van der Waals surface area contributed by atoms with Crippen LogP contribution in [0.25, 0.3) is 0 Å². The molecule has 0 saturated carbocycles. The number of nitrogens with one attached hydrogen (secondary N) is 1. The van der Waals surface area contributed by atoms with Crippen LogP contribution in [0.1, 0.15) is 0 Å². The fraction of sp³-hybridized carbons (Fsp3) is 0.500. The van der Waals surface area contributed by atoms with Crippen LogP contribution < -0.4 is 4.83 Å². The Hall–Kier alpha value is -0.100. The molecule has 4 nitrogen and oxygen atoms in total. The van der Waals surface area contributed by atoms with Crippen LogP contribution in [0.5, 0.6) is 0 Å². The van der Waals surface area contributed by atoms with Crippen LogP contribution in [0.3, 0.4) is 0 Å². The van der Waals surface area contributed by atoms with Gasteiger partial charge in [0.15, 0.2) is 0 Å². The van der Waals surface area contributed by atoms with Gasteiger partial charge in [0, 0.05) is 11.9 Å². The van der Waals surface area contributed by atoms with Gasteiger partial charge < -0.3 is 10.4 Å². The van der Waals surface area contributed by atoms with Crippen molar-refractivity contribution in [2.45, 2.75) is 0 Å². The molecule has 5 heteroatoms. The van der Waals surface area contributed by atoms with Gasteiger partial charge in [-0.15, -0.1) is 0 Å². The molecule has 1 rings (SSSR count). The summed E-state index contributed by atoms with van der Waals surface area (Å²) < 4.78 is 0. The molecule has 0 spiro atoms. The molecule has 0 aromatic rings. The zero-order valence-electron chi connectivity index (χ0n) is 3.38. The van der Waals surface area contributed by atoms with E-state index in [4.69, 9.17) is 0 Å². The van der Waals surface area contributed by atoms with Crippen LogP contribution in [-0.2, 0) is 4.79 Å². The van der Waals surface area contributed by atoms with Crippen molar-refractivity contribution in [3.8, 4) is 0 Å². The van der Waals surface area contributed by atoms with Gasteiger partial charge in [-0.25, -0.2) is 4.83 Å². The third-order valence-electron chi connectivity index (χ3n) is 0.534. The lowest BCUT2D eigenvalue weighted by molar-refractivity contribution is -0.110. The lowest BCUT2D eigenvalue weighted by Crippen LogP contribution is -2.20. The Kier molecular flexibility index (Phi) is 1.29. The monoisotopic (exact) mass is 119 g/mol. The number of carbonyl (C=O) groups is 1. The summed E-state index contributed by atoms with van der Waals surface area (Å²) in [5.74, 6) is 0. The van der Waals surface area contributed by atoms with E-state index in [9.17, 15) is 10.0 Å². The van der Waals surface area contributed by atoms with E-state index in [0.717, 1.165) is 11.9 Å². The van der Waals surface area contributed by atoms with Crippen LogP contribution >= 0.6 is 11.9 Å². The first-order valence-electron chi connectivity index (χ1n) is 1.69. The Labute approximate surface area is 44.5 Å². The third-order valence-corrected chi connectivity index (χ3v) is 1.19. The molecule has 0 aliphatic carbocycles. The summed E-state index contributed by atoms with van der Waals surface area (Å²) in [6.45, 7) is -0.0370. The molecule has 1 saturated heterocycles. The smallest absolute Gasteiger partial charge is 0.219 e. The van der Waals surface area contributed by atoms with E-state index in [1.54, 1.807) is 0 Å². The van der Waals surface area contributed by atoms with Crippen LogP contribution in [0.4, 0.5) is 0 Å². The number of hydrogen-bond donors (Lipinski definition) is 1. The summed E-state index contributed by atoms with van der Waals surface area (Å²) in [5.41, 5.74) is 0. The minimum absolute atomic E-state index is 0.0370. The highest BCUT2D eigenvalue weighted by Gasteiger charge is 2.10. The first-order valence-corrected chi connectivity index (χ1v) is 2.50. The van der Waals surface area contributed by atoms with E-state index in [1.165, 1.54) is 0 Å². The van der Waals surface area contributed by atoms with E-state index in [1.807, 2.05) is 0 Å². The molecule has 0 atom stereocenters. The molecule has 1 aliphatic rings. The average molecular weight is 119 g/mol. The van der Waals surface area contributed by atoms with Crippen molar-refractivity contribution < 1.29 is 4.79 Å². The summed E-state index contributed by atoms with van der Waals surface area (Å²) in [6, 6.07) is 0. The number of hydroxylamine groups is 1. The topological polar surface area (TPSA) is 55.4 Å². The predicted molar refractivity (Wildman–Crippen MR) is 25.8 cm³/mol. The van der Waals surface area contributed by atoms with Gasteiger partial charge >= 0.3 is 0 Å². The van der Waals surface area contributed by atoms with Crippen LogP contribution in [0.2, 0.25) is 0 Å². The molecular formula is C2H3N2O2S-. The third kappa shape index (κ3) is 1.13. The molecule has 1 heterocycles. The minimum Gasteiger partial charge on any atom is -0.771 e. The molecule has 0 aromatic carbocycles. The molecule has 40 valence electrons. The number of hydrazine groups is 1. The summed E-state index contributed by atoms with van der Waals surface area (Å²) >= 11 is 0.830. The van der Waals surface area contributed by atoms with E-state index < -0.39 is 0 Å². The van der Waals surface area contributed by atoms with Crippen molar-refractivity contribution in [3.05, 3.63) is 5.21 Å². The molecule has 0 amide bonds. The first-order chi connectivity index (χ1) is 3.29. The van der Waals surface area contributed by atoms with Gasteiger partial charge in [-0.1, -0.05) is 0 Å². The number of carbonyl (C=O) groups excluding carboxylic acids is 1. The lowest BCUT2D eigenvalue weighted by atomic mass is 10.8. The number of rotatable bonds is 0. The highest BCUT2D eigenvalue weighted by atomic mass is 32.2. The van der Waals surface area contributed by atoms with Gasteiger partial charge in [0.25, 0.3) is 0 Å². The highest BCUT2D eigenvalue weighted by Crippen LogP contribution is 2.05. The van der Waals surface area contributed by atoms with Crippen LogP contribution in [0, 0.1) is 5.21 Å². The Bertz CT molecular complexity index is 95.7. The second-order valence-corrected chi connectivity index (χ2v) is 1.94. The van der Waals surface area contributed by atoms with E-state index >= 15 is 0 Å². The van der Waals surface area contributed by atoms with Gasteiger partial charge in [0.05, 0.1) is 6.54 Å². The Morgan fingerprint density at radius 1 is 2.00 bits per heavy atom. The maximum atomic E-state index is 10.1.